The molecule has 5 heterocycles. The molecule has 2 atom stereocenters. The van der Waals surface area contributed by atoms with Crippen LogP contribution in [0.4, 0.5) is 19.0 Å². The van der Waals surface area contributed by atoms with Crippen LogP contribution in [-0.2, 0) is 4.79 Å². The van der Waals surface area contributed by atoms with Crippen molar-refractivity contribution in [1.29, 1.82) is 0 Å². The Labute approximate surface area is 251 Å². The molecule has 2 aliphatic rings. The van der Waals surface area contributed by atoms with E-state index in [0.717, 1.165) is 18.4 Å². The lowest BCUT2D eigenvalue weighted by Gasteiger charge is -2.39. The minimum atomic E-state index is -4.78. The number of pyridine rings is 1. The van der Waals surface area contributed by atoms with E-state index in [1.54, 1.807) is 56.7 Å². The summed E-state index contributed by atoms with van der Waals surface area (Å²) in [6, 6.07) is 10.9. The number of aromatic nitrogens is 5. The molecule has 0 amide bonds. The van der Waals surface area contributed by atoms with Crippen LogP contribution in [0.3, 0.4) is 0 Å². The Hall–Kier alpha value is -4.52. The van der Waals surface area contributed by atoms with E-state index in [-0.39, 0.29) is 28.4 Å². The van der Waals surface area contributed by atoms with Crippen LogP contribution in [0.5, 0.6) is 5.88 Å². The molecule has 1 unspecified atom stereocenters. The Morgan fingerprint density at radius 1 is 1.11 bits per heavy atom. The first-order valence-corrected chi connectivity index (χ1v) is 14.4. The number of rotatable bonds is 7. The second-order valence-electron chi connectivity index (χ2n) is 11.5. The monoisotopic (exact) mass is 607 g/mol. The smallest absolute Gasteiger partial charge is 0.429 e. The van der Waals surface area contributed by atoms with Crippen LogP contribution >= 0.6 is 0 Å². The van der Waals surface area contributed by atoms with Gasteiger partial charge in [0.05, 0.1) is 11.4 Å². The summed E-state index contributed by atoms with van der Waals surface area (Å²) in [5.41, 5.74) is 2.07. The number of carbonyl (C=O) groups is 1. The first-order chi connectivity index (χ1) is 21.0. The summed E-state index contributed by atoms with van der Waals surface area (Å²) in [5, 5.41) is 16.9. The van der Waals surface area contributed by atoms with Crippen molar-refractivity contribution in [1.82, 2.24) is 30.0 Å². The first kappa shape index (κ1) is 29.5. The van der Waals surface area contributed by atoms with Gasteiger partial charge >= 0.3 is 12.1 Å². The number of benzene rings is 1. The number of aliphatic carboxylic acids is 1. The average Bonchev–Trinajstić information content (AvgIpc) is 3.62. The van der Waals surface area contributed by atoms with Crippen molar-refractivity contribution < 1.29 is 27.8 Å². The zero-order chi connectivity index (χ0) is 31.1. The summed E-state index contributed by atoms with van der Waals surface area (Å²) in [7, 11) is 0. The Bertz CT molecular complexity index is 1650. The molecule has 1 spiro atoms. The number of hydrogen-bond donors (Lipinski definition) is 2. The summed E-state index contributed by atoms with van der Waals surface area (Å²) < 4.78 is 51.4. The molecule has 1 aromatic carbocycles. The van der Waals surface area contributed by atoms with Crippen molar-refractivity contribution in [3.05, 3.63) is 78.1 Å². The molecule has 2 fully saturated rings. The van der Waals surface area contributed by atoms with Gasteiger partial charge in [-0.3, -0.25) is 9.78 Å². The number of nitrogens with zero attached hydrogens (tertiary/aromatic N) is 6. The van der Waals surface area contributed by atoms with Crippen LogP contribution in [0, 0.1) is 19.3 Å². The number of carboxylic acids is 1. The summed E-state index contributed by atoms with van der Waals surface area (Å²) in [4.78, 5) is 26.3. The van der Waals surface area contributed by atoms with Crippen LogP contribution in [-0.4, -0.2) is 67.7 Å². The summed E-state index contributed by atoms with van der Waals surface area (Å²) in [6.07, 6.45) is -0.195. The van der Waals surface area contributed by atoms with Gasteiger partial charge in [-0.2, -0.15) is 23.3 Å². The van der Waals surface area contributed by atoms with Crippen molar-refractivity contribution in [2.24, 2.45) is 5.41 Å². The predicted molar refractivity (Wildman–Crippen MR) is 156 cm³/mol. The maximum absolute atomic E-state index is 14.8. The molecule has 0 bridgehead atoms. The zero-order valence-corrected chi connectivity index (χ0v) is 24.3. The fraction of sp³-hybridized carbons (Fsp3) is 0.387. The third-order valence-corrected chi connectivity index (χ3v) is 8.42. The van der Waals surface area contributed by atoms with Gasteiger partial charge in [0.2, 0.25) is 12.0 Å². The fourth-order valence-corrected chi connectivity index (χ4v) is 6.08. The largest absolute Gasteiger partial charge is 0.480 e. The van der Waals surface area contributed by atoms with E-state index in [1.165, 1.54) is 16.8 Å². The van der Waals surface area contributed by atoms with Gasteiger partial charge in [0.1, 0.15) is 17.7 Å². The van der Waals surface area contributed by atoms with Gasteiger partial charge in [-0.25, -0.2) is 9.67 Å². The minimum Gasteiger partial charge on any atom is -0.480 e. The zero-order valence-electron chi connectivity index (χ0n) is 24.3. The van der Waals surface area contributed by atoms with Gasteiger partial charge in [-0.15, -0.1) is 0 Å². The molecule has 2 N–H and O–H groups in total. The van der Waals surface area contributed by atoms with E-state index < -0.39 is 24.3 Å². The van der Waals surface area contributed by atoms with Gasteiger partial charge in [-0.1, -0.05) is 18.2 Å². The summed E-state index contributed by atoms with van der Waals surface area (Å²) in [6.45, 7) is 5.18. The molecule has 44 heavy (non-hydrogen) atoms. The molecule has 0 radical (unpaired) electrons. The highest BCUT2D eigenvalue weighted by Crippen LogP contribution is 2.42. The molecule has 2 saturated heterocycles. The van der Waals surface area contributed by atoms with Crippen molar-refractivity contribution in [2.45, 2.75) is 51.4 Å². The van der Waals surface area contributed by atoms with Crippen molar-refractivity contribution >= 4 is 11.8 Å². The van der Waals surface area contributed by atoms with Gasteiger partial charge in [-0.05, 0) is 62.3 Å². The third-order valence-electron chi connectivity index (χ3n) is 8.42. The van der Waals surface area contributed by atoms with Gasteiger partial charge < -0.3 is 20.1 Å². The van der Waals surface area contributed by atoms with Crippen LogP contribution in [0.1, 0.15) is 42.4 Å². The third kappa shape index (κ3) is 6.09. The molecule has 13 heteroatoms. The molecule has 3 aromatic heterocycles. The van der Waals surface area contributed by atoms with Gasteiger partial charge in [0.25, 0.3) is 0 Å². The minimum absolute atomic E-state index is 0.118. The van der Waals surface area contributed by atoms with Crippen molar-refractivity contribution in [3.63, 3.8) is 0 Å². The van der Waals surface area contributed by atoms with E-state index in [4.69, 9.17) is 4.74 Å². The first-order valence-electron chi connectivity index (χ1n) is 14.4. The Kier molecular flexibility index (Phi) is 7.74. The molecule has 2 aliphatic heterocycles. The van der Waals surface area contributed by atoms with Crippen LogP contribution in [0.2, 0.25) is 0 Å². The molecule has 0 saturated carbocycles. The number of halogens is 3. The number of carboxylic acid groups (broad SMARTS) is 1. The molecule has 6 rings (SSSR count). The number of nitrogens with one attached hydrogen (secondary N) is 1. The van der Waals surface area contributed by atoms with Crippen molar-refractivity contribution in [2.75, 3.05) is 24.5 Å². The fourth-order valence-electron chi connectivity index (χ4n) is 6.08. The highest BCUT2D eigenvalue weighted by atomic mass is 19.4. The van der Waals surface area contributed by atoms with Gasteiger partial charge in [0, 0.05) is 55.4 Å². The second kappa shape index (κ2) is 11.5. The Morgan fingerprint density at radius 3 is 2.55 bits per heavy atom. The maximum Gasteiger partial charge on any atom is 0.429 e. The van der Waals surface area contributed by atoms with Crippen molar-refractivity contribution in [3.8, 4) is 22.7 Å². The lowest BCUT2D eigenvalue weighted by Crippen LogP contribution is -2.41. The molecular formula is C31H32F3N7O3. The second-order valence-corrected chi connectivity index (χ2v) is 11.5. The van der Waals surface area contributed by atoms with Crippen LogP contribution in [0.15, 0.2) is 61.1 Å². The summed E-state index contributed by atoms with van der Waals surface area (Å²) >= 11 is 0. The topological polar surface area (TPSA) is 118 Å². The van der Waals surface area contributed by atoms with E-state index in [9.17, 15) is 23.1 Å². The Morgan fingerprint density at radius 2 is 1.91 bits per heavy atom. The van der Waals surface area contributed by atoms with E-state index >= 15 is 0 Å². The van der Waals surface area contributed by atoms with E-state index in [1.807, 2.05) is 11.0 Å². The maximum atomic E-state index is 14.8. The molecule has 230 valence electrons. The highest BCUT2D eigenvalue weighted by molar-refractivity contribution is 5.74. The summed E-state index contributed by atoms with van der Waals surface area (Å²) in [5.74, 6) is -0.294. The number of aryl methyl sites for hydroxylation is 2. The average molecular weight is 608 g/mol. The SMILES string of the molecule is Cc1ccn(-c2cc(-c3cccnc3)ccc2C(Oc2cc(N3CCC4(CC3)CN[C@H](C(=O)O)C4)nc(C)n2)C(F)(F)F)n1. The standard InChI is InChI=1S/C31H32F3N7O3/c1-19-7-11-41(39-19)25-14-21(22-4-3-10-35-17-22)5-6-23(25)28(31(32,33)34)44-27-15-26(37-20(2)38-27)40-12-8-30(9-13-40)16-24(29(42)43)36-18-30/h3-7,10-11,14-15,17,24,28,36H,8-9,12-13,16,18H2,1-2H3,(H,42,43)/t24-,28?/m0/s1. The van der Waals surface area contributed by atoms with E-state index in [0.29, 0.717) is 43.1 Å². The van der Waals surface area contributed by atoms with Crippen LogP contribution < -0.4 is 15.0 Å². The number of piperidine rings is 1. The number of hydrogen-bond acceptors (Lipinski definition) is 8. The quantitative estimate of drug-likeness (QED) is 0.297. The normalized spacial score (nSPS) is 18.8. The molecular weight excluding hydrogens is 575 g/mol. The lowest BCUT2D eigenvalue weighted by molar-refractivity contribution is -0.198. The van der Waals surface area contributed by atoms with E-state index in [2.05, 4.69) is 25.4 Å². The highest BCUT2D eigenvalue weighted by Gasteiger charge is 2.46. The van der Waals surface area contributed by atoms with Gasteiger partial charge in [0.15, 0.2) is 0 Å². The lowest BCUT2D eigenvalue weighted by atomic mass is 9.76. The van der Waals surface area contributed by atoms with Crippen LogP contribution in [0.25, 0.3) is 16.8 Å². The molecule has 4 aromatic rings. The number of anilines is 1. The predicted octanol–water partition coefficient (Wildman–Crippen LogP) is 5.06. The number of ether oxygens (including phenoxy) is 1. The molecule has 0 aliphatic carbocycles. The molecule has 10 nitrogen and oxygen atoms in total. The Balaban J connectivity index is 1.30. The number of alkyl halides is 3.